The molecule has 105 heavy (non-hydrogen) atoms. The van der Waals surface area contributed by atoms with Gasteiger partial charge < -0.3 is 30.9 Å². The first-order valence-corrected chi connectivity index (χ1v) is 36.4. The number of likely N-dealkylation sites (tertiary alicyclic amines) is 3. The molecule has 0 bridgehead atoms. The SMILES string of the molecule is C.C.CC1CN(Cc2ccccc2)CC1c1nnc(CN)c(=O)[nH]1.CCN(CC)CC.Cc1ccc(Cl)cc1-c1ncc2c(=O)[nH]c(C3CN(Cc4ccccc4)CC3C)nn12.Cc1ccc(Cl)cc1C(=O)Cl.Cc1ccc(Cl)cc1C(=O)NCc1nnc(C2CN(Cc3ccccc3)CC2C)[nH]c1=O. The van der Waals surface area contributed by atoms with Crippen LogP contribution in [-0.4, -0.2) is 140 Å². The van der Waals surface area contributed by atoms with E-state index in [1.165, 1.54) is 36.3 Å². The number of halogens is 4. The molecule has 3 saturated heterocycles. The van der Waals surface area contributed by atoms with Crippen molar-refractivity contribution in [3.63, 3.8) is 0 Å². The highest BCUT2D eigenvalue weighted by atomic mass is 35.5. The summed E-state index contributed by atoms with van der Waals surface area (Å²) in [5.41, 5.74) is 14.0. The van der Waals surface area contributed by atoms with Crippen molar-refractivity contribution in [3.05, 3.63) is 271 Å². The molecule has 4 aromatic heterocycles. The Balaban J connectivity index is 0.000000197. The third-order valence-electron chi connectivity index (χ3n) is 19.1. The number of aromatic nitrogens is 10. The van der Waals surface area contributed by atoms with E-state index in [4.69, 9.17) is 57.2 Å². The molecule has 13 rings (SSSR count). The van der Waals surface area contributed by atoms with Crippen molar-refractivity contribution in [1.29, 1.82) is 0 Å². The smallest absolute Gasteiger partial charge is 0.276 e. The number of amides is 1. The number of hydrogen-bond acceptors (Lipinski definition) is 16. The molecule has 6 atom stereocenters. The zero-order valence-electron chi connectivity index (χ0n) is 59.8. The second kappa shape index (κ2) is 40.2. The van der Waals surface area contributed by atoms with Crippen LogP contribution in [0.5, 0.6) is 0 Å². The first kappa shape index (κ1) is 83.7. The molecule has 6 aromatic carbocycles. The van der Waals surface area contributed by atoms with Gasteiger partial charge in [0.05, 0.1) is 12.7 Å². The van der Waals surface area contributed by atoms with Crippen molar-refractivity contribution >= 4 is 63.1 Å². The van der Waals surface area contributed by atoms with E-state index >= 15 is 0 Å². The lowest BCUT2D eigenvalue weighted by molar-refractivity contribution is 0.0949. The zero-order chi connectivity index (χ0) is 73.9. The Labute approximate surface area is 636 Å². The molecule has 25 heteroatoms. The number of aromatic amines is 3. The number of fused-ring (bicyclic) bond motifs is 1. The summed E-state index contributed by atoms with van der Waals surface area (Å²) in [6, 6.07) is 47.0. The number of nitrogens with two attached hydrogens (primary N) is 1. The van der Waals surface area contributed by atoms with Crippen LogP contribution in [0.4, 0.5) is 0 Å². The van der Waals surface area contributed by atoms with Crippen LogP contribution in [0.3, 0.4) is 0 Å². The summed E-state index contributed by atoms with van der Waals surface area (Å²) >= 11 is 23.1. The Morgan fingerprint density at radius 3 is 1.33 bits per heavy atom. The van der Waals surface area contributed by atoms with E-state index in [1.54, 1.807) is 47.1 Å². The third kappa shape index (κ3) is 23.0. The predicted molar refractivity (Wildman–Crippen MR) is 424 cm³/mol. The number of hydrogen-bond donors (Lipinski definition) is 5. The van der Waals surface area contributed by atoms with Gasteiger partial charge in [-0.1, -0.05) is 200 Å². The van der Waals surface area contributed by atoms with Crippen LogP contribution < -0.4 is 27.7 Å². The standard InChI is InChI=1S/C24H26ClN5O2.C24H24ClN5O.C16H21N5O.C8H6Cl2O.C6H15N.2CH4/c1-15-8-9-18(25)10-19(15)23(31)26-11-21-24(32)27-22(29-28-21)20-14-30(12-16(20)2)13-17-6-4-3-5-7-17;1-15-8-9-18(25)10-19(15)23-26-11-21-24(31)27-22(28-30(21)23)20-14-29(12-16(20)2)13-17-6-4-3-5-7-17;1-11-8-21(9-12-5-3-2-4-6-12)10-13(11)15-18-16(22)14(7-17)19-20-15;1-5-2-3-6(9)4-7(5)8(10)11;1-4-7(5-2)6-3;;/h3-10,16,20H,11-14H2,1-2H3,(H,26,31)(H,27,29,32);3-11,16,20H,12-14H2,1-2H3,(H,27,28,31);2-6,11,13H,7-10,17H2,1H3,(H,18,20,22);2-4H,1H3;4-6H2,1-3H3;2*1H4. The van der Waals surface area contributed by atoms with E-state index in [-0.39, 0.29) is 79.7 Å². The number of carbonyl (C=O) groups is 2. The lowest BCUT2D eigenvalue weighted by Gasteiger charge is -2.16. The Morgan fingerprint density at radius 2 is 0.924 bits per heavy atom. The Morgan fingerprint density at radius 1 is 0.524 bits per heavy atom. The monoisotopic (exact) mass is 1500 g/mol. The third-order valence-corrected chi connectivity index (χ3v) is 20.0. The van der Waals surface area contributed by atoms with Gasteiger partial charge in [-0.2, -0.15) is 5.10 Å². The van der Waals surface area contributed by atoms with Crippen molar-refractivity contribution < 1.29 is 9.59 Å². The van der Waals surface area contributed by atoms with Crippen LogP contribution in [0.15, 0.2) is 166 Å². The Kier molecular flexibility index (Phi) is 32.0. The van der Waals surface area contributed by atoms with Crippen molar-refractivity contribution in [1.82, 2.24) is 74.9 Å². The van der Waals surface area contributed by atoms with Gasteiger partial charge in [-0.15, -0.1) is 20.4 Å². The number of H-pyrrole nitrogens is 3. The molecule has 0 radical (unpaired) electrons. The van der Waals surface area contributed by atoms with Crippen LogP contribution >= 0.6 is 46.4 Å². The van der Waals surface area contributed by atoms with E-state index in [0.717, 1.165) is 81.2 Å². The topological polar surface area (TPSA) is 265 Å². The van der Waals surface area contributed by atoms with Gasteiger partial charge in [-0.3, -0.25) is 38.7 Å². The second-order valence-electron chi connectivity index (χ2n) is 26.6. The Hall–Kier alpha value is -8.61. The Bertz CT molecular complexity index is 4630. The minimum atomic E-state index is -0.468. The fourth-order valence-electron chi connectivity index (χ4n) is 13.2. The largest absolute Gasteiger partial charge is 0.346 e. The van der Waals surface area contributed by atoms with Gasteiger partial charge in [0.25, 0.3) is 27.8 Å². The maximum absolute atomic E-state index is 12.8. The lowest BCUT2D eigenvalue weighted by Crippen LogP contribution is -2.30. The molecule has 7 heterocycles. The van der Waals surface area contributed by atoms with Gasteiger partial charge >= 0.3 is 0 Å². The summed E-state index contributed by atoms with van der Waals surface area (Å²) in [6.45, 7) is 30.5. The number of rotatable bonds is 18. The normalized spacial score (nSPS) is 17.7. The molecule has 3 aliphatic heterocycles. The highest BCUT2D eigenvalue weighted by molar-refractivity contribution is 6.68. The highest BCUT2D eigenvalue weighted by Gasteiger charge is 2.36. The fraction of sp³-hybridized carbons (Fsp3) is 0.388. The number of carbonyl (C=O) groups excluding carboxylic acids is 2. The quantitative estimate of drug-likeness (QED) is 0.0500. The first-order chi connectivity index (χ1) is 49.5. The molecule has 6 unspecified atom stereocenters. The summed E-state index contributed by atoms with van der Waals surface area (Å²) < 4.78 is 1.67. The molecular weight excluding hydrogens is 1410 g/mol. The van der Waals surface area contributed by atoms with Crippen molar-refractivity contribution in [2.24, 2.45) is 23.5 Å². The van der Waals surface area contributed by atoms with Crippen LogP contribution in [0, 0.1) is 38.5 Å². The summed E-state index contributed by atoms with van der Waals surface area (Å²) in [5, 5.41) is 25.3. The van der Waals surface area contributed by atoms with Crippen LogP contribution in [0.2, 0.25) is 15.1 Å². The number of nitrogens with one attached hydrogen (secondary N) is 4. The average molecular weight is 1510 g/mol. The first-order valence-electron chi connectivity index (χ1n) is 34.9. The minimum absolute atomic E-state index is 0. The summed E-state index contributed by atoms with van der Waals surface area (Å²) in [7, 11) is 0. The van der Waals surface area contributed by atoms with Gasteiger partial charge in [0.15, 0.2) is 11.3 Å². The van der Waals surface area contributed by atoms with Crippen LogP contribution in [0.1, 0.15) is 157 Å². The summed E-state index contributed by atoms with van der Waals surface area (Å²) in [5.74, 6) is 3.92. The van der Waals surface area contributed by atoms with Gasteiger partial charge in [-0.25, -0.2) is 9.50 Å². The molecule has 1 amide bonds. The maximum Gasteiger partial charge on any atom is 0.276 e. The van der Waals surface area contributed by atoms with E-state index < -0.39 is 5.24 Å². The zero-order valence-corrected chi connectivity index (χ0v) is 62.9. The molecule has 3 aliphatic rings. The van der Waals surface area contributed by atoms with Crippen molar-refractivity contribution in [2.75, 3.05) is 58.9 Å². The van der Waals surface area contributed by atoms with E-state index in [0.29, 0.717) is 72.8 Å². The van der Waals surface area contributed by atoms with Gasteiger partial charge in [0.2, 0.25) is 0 Å². The number of aryl methyl sites for hydroxylation is 3. The van der Waals surface area contributed by atoms with Gasteiger partial charge in [-0.05, 0) is 140 Å². The summed E-state index contributed by atoms with van der Waals surface area (Å²) in [6.07, 6.45) is 1.57. The number of imidazole rings is 1. The minimum Gasteiger partial charge on any atom is -0.346 e. The lowest BCUT2D eigenvalue weighted by atomic mass is 9.97. The molecule has 21 nitrogen and oxygen atoms in total. The van der Waals surface area contributed by atoms with Crippen molar-refractivity contribution in [2.45, 2.75) is 128 Å². The molecule has 3 fully saturated rings. The number of nitrogens with zero attached hydrogens (tertiary/aromatic N) is 11. The van der Waals surface area contributed by atoms with E-state index in [2.05, 4.69) is 167 Å². The van der Waals surface area contributed by atoms with Crippen molar-refractivity contribution in [3.8, 4) is 11.4 Å². The van der Waals surface area contributed by atoms with Gasteiger partial charge in [0, 0.05) is 115 Å². The maximum atomic E-state index is 12.8. The molecule has 0 spiro atoms. The summed E-state index contributed by atoms with van der Waals surface area (Å²) in [4.78, 5) is 83.3. The number of benzene rings is 6. The van der Waals surface area contributed by atoms with E-state index in [9.17, 15) is 24.0 Å². The molecule has 558 valence electrons. The van der Waals surface area contributed by atoms with Gasteiger partial charge in [0.1, 0.15) is 28.9 Å². The fourth-order valence-corrected chi connectivity index (χ4v) is 13.9. The van der Waals surface area contributed by atoms with Crippen LogP contribution in [0.25, 0.3) is 16.9 Å². The van der Waals surface area contributed by atoms with Crippen LogP contribution in [-0.2, 0) is 32.7 Å². The molecule has 0 aliphatic carbocycles. The molecule has 0 saturated carbocycles. The molecule has 6 N–H and O–H groups in total. The molecular formula is C80H100Cl4N16O5. The van der Waals surface area contributed by atoms with E-state index in [1.807, 2.05) is 69.3 Å². The molecule has 10 aromatic rings. The highest BCUT2D eigenvalue weighted by Crippen LogP contribution is 2.34. The predicted octanol–water partition coefficient (Wildman–Crippen LogP) is 14.1. The second-order valence-corrected chi connectivity index (χ2v) is 28.3. The average Bonchev–Trinajstić information content (AvgIpc) is 1.64.